The highest BCUT2D eigenvalue weighted by atomic mass is 15.1. The van der Waals surface area contributed by atoms with Crippen LogP contribution in [0.4, 0.5) is 5.82 Å². The first-order valence-electron chi connectivity index (χ1n) is 5.29. The van der Waals surface area contributed by atoms with Crippen molar-refractivity contribution in [3.63, 3.8) is 0 Å². The molecule has 0 amide bonds. The Hall–Kier alpha value is -1.05. The van der Waals surface area contributed by atoms with Gasteiger partial charge in [-0.1, -0.05) is 26.8 Å². The second-order valence-corrected chi connectivity index (χ2v) is 3.18. The van der Waals surface area contributed by atoms with Gasteiger partial charge in [-0.2, -0.15) is 0 Å². The molecule has 1 aromatic heterocycles. The summed E-state index contributed by atoms with van der Waals surface area (Å²) in [4.78, 5) is 6.53. The average molecular weight is 194 g/mol. The number of hydrogen-bond donors (Lipinski definition) is 0. The fraction of sp³-hybridized carbons (Fsp3) is 0.583. The van der Waals surface area contributed by atoms with Crippen LogP contribution >= 0.6 is 0 Å². The van der Waals surface area contributed by atoms with E-state index in [-0.39, 0.29) is 0 Å². The Labute approximate surface area is 88.0 Å². The van der Waals surface area contributed by atoms with Crippen molar-refractivity contribution in [2.75, 3.05) is 19.0 Å². The van der Waals surface area contributed by atoms with Crippen molar-refractivity contribution in [2.45, 2.75) is 34.1 Å². The molecule has 0 N–H and O–H groups in total. The molecule has 1 rings (SSSR count). The van der Waals surface area contributed by atoms with Gasteiger partial charge in [0.05, 0.1) is 0 Å². The van der Waals surface area contributed by atoms with Crippen LogP contribution in [0.3, 0.4) is 0 Å². The number of rotatable bonds is 2. The van der Waals surface area contributed by atoms with E-state index in [0.29, 0.717) is 0 Å². The minimum absolute atomic E-state index is 1.04. The van der Waals surface area contributed by atoms with E-state index in [1.54, 1.807) is 0 Å². The summed E-state index contributed by atoms with van der Waals surface area (Å²) < 4.78 is 0. The van der Waals surface area contributed by atoms with Gasteiger partial charge in [0.15, 0.2) is 0 Å². The summed E-state index contributed by atoms with van der Waals surface area (Å²) >= 11 is 0. The number of anilines is 1. The molecule has 0 saturated carbocycles. The molecule has 80 valence electrons. The molecule has 0 spiro atoms. The largest absolute Gasteiger partial charge is 0.363 e. The van der Waals surface area contributed by atoms with Crippen LogP contribution in [0.15, 0.2) is 12.1 Å². The number of aromatic nitrogens is 1. The van der Waals surface area contributed by atoms with Crippen LogP contribution in [0.1, 0.15) is 32.0 Å². The van der Waals surface area contributed by atoms with Gasteiger partial charge in [-0.05, 0) is 25.0 Å². The standard InChI is InChI=1S/C10H16N2.C2H6/c1-5-9-7-6-8(2)11-10(9)12(3)4;1-2/h6-7H,5H2,1-4H3;1-2H3. The number of aryl methyl sites for hydroxylation is 2. The van der Waals surface area contributed by atoms with Crippen molar-refractivity contribution in [3.8, 4) is 0 Å². The van der Waals surface area contributed by atoms with E-state index >= 15 is 0 Å². The summed E-state index contributed by atoms with van der Waals surface area (Å²) in [6.07, 6.45) is 1.04. The second kappa shape index (κ2) is 6.41. The molecule has 0 aliphatic carbocycles. The molecule has 0 aromatic carbocycles. The molecule has 14 heavy (non-hydrogen) atoms. The number of nitrogens with zero attached hydrogens (tertiary/aromatic N) is 2. The average Bonchev–Trinajstić information content (AvgIpc) is 2.20. The summed E-state index contributed by atoms with van der Waals surface area (Å²) in [5, 5.41) is 0. The van der Waals surface area contributed by atoms with Gasteiger partial charge in [-0.25, -0.2) is 4.98 Å². The van der Waals surface area contributed by atoms with Gasteiger partial charge >= 0.3 is 0 Å². The maximum Gasteiger partial charge on any atom is 0.131 e. The minimum atomic E-state index is 1.04. The summed E-state index contributed by atoms with van der Waals surface area (Å²) in [7, 11) is 4.06. The zero-order chi connectivity index (χ0) is 11.1. The first kappa shape index (κ1) is 12.9. The molecule has 0 fully saturated rings. The Bertz CT molecular complexity index is 267. The van der Waals surface area contributed by atoms with Crippen LogP contribution < -0.4 is 4.90 Å². The van der Waals surface area contributed by atoms with E-state index < -0.39 is 0 Å². The van der Waals surface area contributed by atoms with Crippen LogP contribution in [-0.2, 0) is 6.42 Å². The lowest BCUT2D eigenvalue weighted by molar-refractivity contribution is 0.990. The molecule has 0 saturated heterocycles. The van der Waals surface area contributed by atoms with E-state index in [1.807, 2.05) is 34.9 Å². The maximum absolute atomic E-state index is 4.47. The van der Waals surface area contributed by atoms with Crippen LogP contribution in [0.5, 0.6) is 0 Å². The zero-order valence-electron chi connectivity index (χ0n) is 10.3. The highest BCUT2D eigenvalue weighted by molar-refractivity contribution is 5.46. The molecule has 0 aliphatic heterocycles. The van der Waals surface area contributed by atoms with E-state index in [4.69, 9.17) is 0 Å². The molecule has 1 aromatic rings. The molecule has 2 nitrogen and oxygen atoms in total. The van der Waals surface area contributed by atoms with Crippen molar-refractivity contribution < 1.29 is 0 Å². The highest BCUT2D eigenvalue weighted by Crippen LogP contribution is 2.16. The first-order chi connectivity index (χ1) is 6.65. The molecular formula is C12H22N2. The van der Waals surface area contributed by atoms with E-state index in [1.165, 1.54) is 5.56 Å². The fourth-order valence-corrected chi connectivity index (χ4v) is 1.24. The summed E-state index contributed by atoms with van der Waals surface area (Å²) in [5.41, 5.74) is 2.39. The normalized spacial score (nSPS) is 9.00. The maximum atomic E-state index is 4.47. The topological polar surface area (TPSA) is 16.1 Å². The van der Waals surface area contributed by atoms with Crippen molar-refractivity contribution in [1.82, 2.24) is 4.98 Å². The van der Waals surface area contributed by atoms with Crippen molar-refractivity contribution in [2.24, 2.45) is 0 Å². The van der Waals surface area contributed by atoms with Gasteiger partial charge in [0.25, 0.3) is 0 Å². The fourth-order valence-electron chi connectivity index (χ4n) is 1.24. The Kier molecular flexibility index (Phi) is 5.93. The third-order valence-corrected chi connectivity index (χ3v) is 1.90. The molecule has 0 atom stereocenters. The van der Waals surface area contributed by atoms with Gasteiger partial charge < -0.3 is 4.90 Å². The molecule has 0 aliphatic rings. The Balaban J connectivity index is 0.000000791. The zero-order valence-corrected chi connectivity index (χ0v) is 10.3. The third-order valence-electron chi connectivity index (χ3n) is 1.90. The molecule has 1 heterocycles. The van der Waals surface area contributed by atoms with Crippen LogP contribution in [0.2, 0.25) is 0 Å². The number of pyridine rings is 1. The highest BCUT2D eigenvalue weighted by Gasteiger charge is 2.03. The van der Waals surface area contributed by atoms with Crippen molar-refractivity contribution >= 4 is 5.82 Å². The molecule has 0 radical (unpaired) electrons. The van der Waals surface area contributed by atoms with E-state index in [2.05, 4.69) is 28.9 Å². The minimum Gasteiger partial charge on any atom is -0.363 e. The van der Waals surface area contributed by atoms with Gasteiger partial charge in [0.2, 0.25) is 0 Å². The smallest absolute Gasteiger partial charge is 0.131 e. The lowest BCUT2D eigenvalue weighted by Gasteiger charge is -2.15. The van der Waals surface area contributed by atoms with Gasteiger partial charge in [0, 0.05) is 19.8 Å². The van der Waals surface area contributed by atoms with Gasteiger partial charge in [0.1, 0.15) is 5.82 Å². The quantitative estimate of drug-likeness (QED) is 0.719. The predicted octanol–water partition coefficient (Wildman–Crippen LogP) is 3.04. The van der Waals surface area contributed by atoms with Gasteiger partial charge in [-0.3, -0.25) is 0 Å². The lowest BCUT2D eigenvalue weighted by Crippen LogP contribution is -2.13. The van der Waals surface area contributed by atoms with Crippen LogP contribution in [-0.4, -0.2) is 19.1 Å². The van der Waals surface area contributed by atoms with Crippen molar-refractivity contribution in [1.29, 1.82) is 0 Å². The summed E-state index contributed by atoms with van der Waals surface area (Å²) in [6.45, 7) is 8.17. The van der Waals surface area contributed by atoms with E-state index in [0.717, 1.165) is 17.9 Å². The third kappa shape index (κ3) is 3.36. The second-order valence-electron chi connectivity index (χ2n) is 3.18. The van der Waals surface area contributed by atoms with Crippen LogP contribution in [0, 0.1) is 6.92 Å². The first-order valence-corrected chi connectivity index (χ1v) is 5.29. The molecular weight excluding hydrogens is 172 g/mol. The molecule has 2 heteroatoms. The van der Waals surface area contributed by atoms with Crippen molar-refractivity contribution in [3.05, 3.63) is 23.4 Å². The number of hydrogen-bond acceptors (Lipinski definition) is 2. The predicted molar refractivity (Wildman–Crippen MR) is 64.0 cm³/mol. The summed E-state index contributed by atoms with van der Waals surface area (Å²) in [5.74, 6) is 1.09. The SMILES string of the molecule is CC.CCc1ccc(C)nc1N(C)C. The van der Waals surface area contributed by atoms with E-state index in [9.17, 15) is 0 Å². The monoisotopic (exact) mass is 194 g/mol. The Morgan fingerprint density at radius 2 is 1.79 bits per heavy atom. The van der Waals surface area contributed by atoms with Crippen LogP contribution in [0.25, 0.3) is 0 Å². The summed E-state index contributed by atoms with van der Waals surface area (Å²) in [6, 6.07) is 4.21. The molecule has 0 unspecified atom stereocenters. The molecule has 0 bridgehead atoms. The van der Waals surface area contributed by atoms with Gasteiger partial charge in [-0.15, -0.1) is 0 Å². The Morgan fingerprint density at radius 3 is 2.21 bits per heavy atom. The lowest BCUT2D eigenvalue weighted by atomic mass is 10.2. The Morgan fingerprint density at radius 1 is 1.21 bits per heavy atom.